The summed E-state index contributed by atoms with van der Waals surface area (Å²) in [5.41, 5.74) is 1.47. The predicted molar refractivity (Wildman–Crippen MR) is 122 cm³/mol. The first-order chi connectivity index (χ1) is 14.7. The molecule has 31 heavy (non-hydrogen) atoms. The highest BCUT2D eigenvalue weighted by Crippen LogP contribution is 2.27. The number of anilines is 1. The van der Waals surface area contributed by atoms with Gasteiger partial charge >= 0.3 is 0 Å². The molecule has 0 aliphatic heterocycles. The third kappa shape index (κ3) is 5.65. The van der Waals surface area contributed by atoms with Crippen LogP contribution in [0.5, 0.6) is 0 Å². The number of carbonyl (C=O) groups is 1. The van der Waals surface area contributed by atoms with E-state index in [0.717, 1.165) is 15.7 Å². The van der Waals surface area contributed by atoms with Crippen molar-refractivity contribution in [2.75, 3.05) is 25.2 Å². The summed E-state index contributed by atoms with van der Waals surface area (Å²) in [7, 11) is 0.965. The number of benzene rings is 2. The summed E-state index contributed by atoms with van der Waals surface area (Å²) in [5.74, 6) is 0.592. The van der Waals surface area contributed by atoms with Gasteiger partial charge in [-0.2, -0.15) is 0 Å². The summed E-state index contributed by atoms with van der Waals surface area (Å²) in [4.78, 5) is 12.3. The molecule has 0 spiro atoms. The Hall–Kier alpha value is -2.40. The molecular weight excluding hydrogens is 458 g/mol. The van der Waals surface area contributed by atoms with Gasteiger partial charge in [0.25, 0.3) is 0 Å². The van der Waals surface area contributed by atoms with Gasteiger partial charge in [-0.3, -0.25) is 4.79 Å². The van der Waals surface area contributed by atoms with Crippen LogP contribution in [-0.4, -0.2) is 53.2 Å². The summed E-state index contributed by atoms with van der Waals surface area (Å²) in [6.07, 6.45) is 0.644. The molecule has 0 aliphatic carbocycles. The topological polar surface area (TPSA) is 97.2 Å². The summed E-state index contributed by atoms with van der Waals surface area (Å²) in [6, 6.07) is 14.3. The summed E-state index contributed by atoms with van der Waals surface area (Å²) < 4.78 is 27.7. The van der Waals surface area contributed by atoms with Crippen LogP contribution in [-0.2, 0) is 28.3 Å². The van der Waals surface area contributed by atoms with Crippen LogP contribution in [0.15, 0.2) is 58.6 Å². The highest BCUT2D eigenvalue weighted by Gasteiger charge is 2.21. The predicted octanol–water partition coefficient (Wildman–Crippen LogP) is 3.04. The lowest BCUT2D eigenvalue weighted by Gasteiger charge is -2.14. The molecule has 0 saturated carbocycles. The minimum atomic E-state index is -3.73. The van der Waals surface area contributed by atoms with Crippen LogP contribution in [0.1, 0.15) is 11.4 Å². The molecule has 0 bridgehead atoms. The highest BCUT2D eigenvalue weighted by atomic mass is 35.5. The minimum absolute atomic E-state index is 0.0662. The lowest BCUT2D eigenvalue weighted by Crippen LogP contribution is -2.23. The number of thioether (sulfide) groups is 1. The SMILES string of the molecule is CN(C)S(=O)(=O)c1cc(NC(=O)CSc2nnc(Cc3ccccc3)n2C)ccc1Cl. The molecule has 164 valence electrons. The van der Waals surface area contributed by atoms with Crippen LogP contribution in [0.4, 0.5) is 5.69 Å². The summed E-state index contributed by atoms with van der Waals surface area (Å²) in [5, 5.41) is 11.8. The molecule has 0 aliphatic rings. The Labute approximate surface area is 190 Å². The van der Waals surface area contributed by atoms with Crippen LogP contribution in [0, 0.1) is 0 Å². The van der Waals surface area contributed by atoms with Gasteiger partial charge < -0.3 is 9.88 Å². The largest absolute Gasteiger partial charge is 0.325 e. The Morgan fingerprint density at radius 3 is 2.55 bits per heavy atom. The van der Waals surface area contributed by atoms with Crippen LogP contribution in [0.3, 0.4) is 0 Å². The van der Waals surface area contributed by atoms with Crippen molar-refractivity contribution in [2.45, 2.75) is 16.5 Å². The Balaban J connectivity index is 1.64. The van der Waals surface area contributed by atoms with Gasteiger partial charge in [0.15, 0.2) is 5.16 Å². The smallest absolute Gasteiger partial charge is 0.244 e. The van der Waals surface area contributed by atoms with Crippen molar-refractivity contribution >= 4 is 45.0 Å². The average molecular weight is 480 g/mol. The monoisotopic (exact) mass is 479 g/mol. The van der Waals surface area contributed by atoms with Crippen molar-refractivity contribution in [2.24, 2.45) is 7.05 Å². The van der Waals surface area contributed by atoms with E-state index in [1.807, 2.05) is 41.9 Å². The van der Waals surface area contributed by atoms with Crippen molar-refractivity contribution in [3.8, 4) is 0 Å². The van der Waals surface area contributed by atoms with E-state index < -0.39 is 10.0 Å². The van der Waals surface area contributed by atoms with Crippen molar-refractivity contribution in [1.82, 2.24) is 19.1 Å². The minimum Gasteiger partial charge on any atom is -0.325 e. The average Bonchev–Trinajstić information content (AvgIpc) is 3.08. The van der Waals surface area contributed by atoms with Crippen molar-refractivity contribution in [1.29, 1.82) is 0 Å². The van der Waals surface area contributed by atoms with E-state index in [2.05, 4.69) is 15.5 Å². The van der Waals surface area contributed by atoms with Gasteiger partial charge in [0.1, 0.15) is 10.7 Å². The van der Waals surface area contributed by atoms with E-state index in [1.54, 1.807) is 6.07 Å². The first-order valence-corrected chi connectivity index (χ1v) is 12.1. The van der Waals surface area contributed by atoms with Gasteiger partial charge in [0, 0.05) is 33.3 Å². The highest BCUT2D eigenvalue weighted by molar-refractivity contribution is 7.99. The molecule has 3 rings (SSSR count). The Morgan fingerprint density at radius 2 is 1.87 bits per heavy atom. The fraction of sp³-hybridized carbons (Fsp3) is 0.250. The maximum atomic E-state index is 12.4. The molecule has 8 nitrogen and oxygen atoms in total. The second-order valence-electron chi connectivity index (χ2n) is 6.89. The zero-order chi connectivity index (χ0) is 22.6. The number of carbonyl (C=O) groups excluding carboxylic acids is 1. The van der Waals surface area contributed by atoms with Crippen molar-refractivity contribution in [3.63, 3.8) is 0 Å². The van der Waals surface area contributed by atoms with E-state index in [1.165, 1.54) is 38.0 Å². The van der Waals surface area contributed by atoms with Crippen LogP contribution in [0.2, 0.25) is 5.02 Å². The van der Waals surface area contributed by atoms with E-state index in [-0.39, 0.29) is 21.6 Å². The van der Waals surface area contributed by atoms with Crippen LogP contribution >= 0.6 is 23.4 Å². The van der Waals surface area contributed by atoms with Crippen LogP contribution in [0.25, 0.3) is 0 Å². The normalized spacial score (nSPS) is 11.6. The molecule has 1 N–H and O–H groups in total. The molecule has 0 atom stereocenters. The number of hydrogen-bond acceptors (Lipinski definition) is 6. The number of aromatic nitrogens is 3. The number of nitrogens with zero attached hydrogens (tertiary/aromatic N) is 4. The zero-order valence-electron chi connectivity index (χ0n) is 17.2. The van der Waals surface area contributed by atoms with Gasteiger partial charge in [0.2, 0.25) is 15.9 Å². The number of nitrogens with one attached hydrogen (secondary N) is 1. The molecule has 0 saturated heterocycles. The van der Waals surface area contributed by atoms with Crippen LogP contribution < -0.4 is 5.32 Å². The maximum absolute atomic E-state index is 12.4. The number of halogens is 1. The third-order valence-electron chi connectivity index (χ3n) is 4.44. The molecule has 1 aromatic heterocycles. The zero-order valence-corrected chi connectivity index (χ0v) is 19.6. The van der Waals surface area contributed by atoms with Crippen molar-refractivity contribution in [3.05, 3.63) is 64.9 Å². The first-order valence-electron chi connectivity index (χ1n) is 9.25. The fourth-order valence-corrected chi connectivity index (χ4v) is 4.83. The molecule has 0 radical (unpaired) electrons. The molecule has 1 heterocycles. The quantitative estimate of drug-likeness (QED) is 0.499. The Morgan fingerprint density at radius 1 is 1.16 bits per heavy atom. The third-order valence-corrected chi connectivity index (χ3v) is 7.75. The molecule has 0 unspecified atom stereocenters. The number of amides is 1. The number of sulfonamides is 1. The molecule has 2 aromatic carbocycles. The molecule has 0 fully saturated rings. The van der Waals surface area contributed by atoms with Gasteiger partial charge in [-0.1, -0.05) is 53.7 Å². The van der Waals surface area contributed by atoms with Gasteiger partial charge in [0.05, 0.1) is 10.8 Å². The molecular formula is C20H22ClN5O3S2. The lowest BCUT2D eigenvalue weighted by molar-refractivity contribution is -0.113. The molecule has 1 amide bonds. The Kier molecular flexibility index (Phi) is 7.37. The number of rotatable bonds is 8. The van der Waals surface area contributed by atoms with E-state index in [0.29, 0.717) is 17.3 Å². The summed E-state index contributed by atoms with van der Waals surface area (Å²) in [6.45, 7) is 0. The molecule has 11 heteroatoms. The van der Waals surface area contributed by atoms with E-state index in [9.17, 15) is 13.2 Å². The van der Waals surface area contributed by atoms with Gasteiger partial charge in [-0.15, -0.1) is 10.2 Å². The Bertz CT molecular complexity index is 1180. The standard InChI is InChI=1S/C20H22ClN5O3S2/c1-25(2)31(28,29)17-12-15(9-10-16(17)21)22-19(27)13-30-20-24-23-18(26(20)3)11-14-7-5-4-6-8-14/h4-10,12H,11,13H2,1-3H3,(H,22,27). The lowest BCUT2D eigenvalue weighted by atomic mass is 10.1. The van der Waals surface area contributed by atoms with Gasteiger partial charge in [-0.25, -0.2) is 12.7 Å². The molecule has 3 aromatic rings. The van der Waals surface area contributed by atoms with Crippen molar-refractivity contribution < 1.29 is 13.2 Å². The second kappa shape index (κ2) is 9.82. The van der Waals surface area contributed by atoms with E-state index in [4.69, 9.17) is 11.6 Å². The number of hydrogen-bond donors (Lipinski definition) is 1. The van der Waals surface area contributed by atoms with Gasteiger partial charge in [-0.05, 0) is 23.8 Å². The maximum Gasteiger partial charge on any atom is 0.244 e. The second-order valence-corrected chi connectivity index (χ2v) is 10.4. The summed E-state index contributed by atoms with van der Waals surface area (Å²) >= 11 is 7.29. The first kappa shape index (κ1) is 23.3. The van der Waals surface area contributed by atoms with E-state index >= 15 is 0 Å². The fourth-order valence-electron chi connectivity index (χ4n) is 2.71.